The van der Waals surface area contributed by atoms with Crippen LogP contribution in [0.2, 0.25) is 0 Å². The van der Waals surface area contributed by atoms with Gasteiger partial charge in [0.1, 0.15) is 22.3 Å². The topological polar surface area (TPSA) is 26.3 Å². The first-order valence-electron chi connectivity index (χ1n) is 49.1. The number of furan rings is 2. The fraction of sp³-hybridized carbons (Fsp3) is 0. The van der Waals surface area contributed by atoms with Crippen molar-refractivity contribution < 1.29 is 77.4 Å². The highest BCUT2D eigenvalue weighted by Gasteiger charge is 2.23. The average Bonchev–Trinajstić information content (AvgIpc) is 1.03. The molecule has 82 heavy (non-hydrogen) atoms. The molecule has 0 N–H and O–H groups in total. The number of hydrogen-bond acceptors (Lipinski definition) is 2. The Hall–Kier alpha value is -10.8. The lowest BCUT2D eigenvalue weighted by molar-refractivity contribution is 0.668. The Morgan fingerprint density at radius 2 is 0.524 bits per heavy atom. The van der Waals surface area contributed by atoms with E-state index < -0.39 is 467 Å². The Balaban J connectivity index is 0.000000197. The van der Waals surface area contributed by atoms with Gasteiger partial charge in [-0.2, -0.15) is 0 Å². The van der Waals surface area contributed by atoms with Crippen LogP contribution in [0.4, 0.5) is 0 Å². The van der Waals surface area contributed by atoms with Gasteiger partial charge in [0.2, 0.25) is 0 Å². The summed E-state index contributed by atoms with van der Waals surface area (Å²) >= 11 is 0. The third-order valence-electron chi connectivity index (χ3n) is 13.2. The molecule has 2 heterocycles. The molecule has 2 aromatic heterocycles. The molecular weight excluding hydrogens is 993 g/mol. The maximum atomic E-state index is 9.52. The van der Waals surface area contributed by atoms with E-state index in [-0.39, 0.29) is 0 Å². The van der Waals surface area contributed by atoms with Crippen molar-refractivity contribution in [3.8, 4) is 66.8 Å². The van der Waals surface area contributed by atoms with E-state index in [0.29, 0.717) is 0 Å². The van der Waals surface area contributed by atoms with Gasteiger partial charge in [0.25, 0.3) is 0 Å². The van der Waals surface area contributed by atoms with Crippen molar-refractivity contribution >= 4 is 97.7 Å². The predicted octanol–water partition coefficient (Wildman–Crippen LogP) is 22.9. The Morgan fingerprint density at radius 1 is 0.195 bits per heavy atom. The molecule has 0 amide bonds. The van der Waals surface area contributed by atoms with E-state index in [9.17, 15) is 21.9 Å². The Morgan fingerprint density at radius 3 is 1.02 bits per heavy atom. The lowest BCUT2D eigenvalue weighted by atomic mass is 9.83. The standard InChI is InChI=1S/C44H28O.C36H22O/c1-2-13-29(14-3-1)30-25-27-31(28-26-30)32-15-4-5-16-33(32)42-34-17-6-8-19-36(34)43(37-20-9-7-18-35(37)42)39-22-12-24-41-44(39)38-21-10-11-23-40(38)45-41;1-2-11-24-22-25(21-20-23(24)10-1)34-26-12-3-5-14-28(26)35(29-15-6-4-13-27(29)34)31-17-9-19-33-36(31)30-16-7-8-18-32(30)37-33/h1-28H;1-22H/i1D,2D,3D,4D,5D,6D,7D,8D,9D,10D,11D,12D,13D,14D,15D,16D,17D,18D,19D,20D,21D,22D,23D,24D,25D,26D,27D,28D;1D,2D,3D,4D,5D,6D,7D,8D,9D,10D,11D,12D,13D,14D,15D,16D,17D,18D,19D,20D,21D,22D. The number of para-hydroxylation sites is 2. The molecule has 15 aromatic carbocycles. The molecule has 2 heteroatoms. The highest BCUT2D eigenvalue weighted by atomic mass is 16.3. The maximum Gasteiger partial charge on any atom is 0.136 e. The predicted molar refractivity (Wildman–Crippen MR) is 348 cm³/mol. The van der Waals surface area contributed by atoms with Crippen LogP contribution < -0.4 is 0 Å². The summed E-state index contributed by atoms with van der Waals surface area (Å²) in [6.45, 7) is 0. The van der Waals surface area contributed by atoms with Crippen molar-refractivity contribution in [2.75, 3.05) is 0 Å². The molecule has 2 nitrogen and oxygen atoms in total. The van der Waals surface area contributed by atoms with Crippen LogP contribution in [0.25, 0.3) is 165 Å². The zero-order chi connectivity index (χ0) is 97.6. The summed E-state index contributed by atoms with van der Waals surface area (Å²) in [5.74, 6) is 0. The van der Waals surface area contributed by atoms with E-state index in [1.165, 1.54) is 0 Å². The van der Waals surface area contributed by atoms with Crippen molar-refractivity contribution in [3.05, 3.63) is 302 Å². The van der Waals surface area contributed by atoms with Crippen molar-refractivity contribution in [3.63, 3.8) is 0 Å². The Bertz CT molecular complexity index is 8220. The van der Waals surface area contributed by atoms with E-state index in [0.717, 1.165) is 0 Å². The second kappa shape index (κ2) is 19.5. The molecule has 0 fully saturated rings. The van der Waals surface area contributed by atoms with Gasteiger partial charge in [0.15, 0.2) is 0 Å². The molecule has 0 bridgehead atoms. The highest BCUT2D eigenvalue weighted by Crippen LogP contribution is 2.50. The summed E-state index contributed by atoms with van der Waals surface area (Å²) < 4.78 is 456. The minimum absolute atomic E-state index is 0.417. The molecule has 0 saturated heterocycles. The first-order chi connectivity index (χ1) is 61.5. The van der Waals surface area contributed by atoms with Crippen LogP contribution in [-0.2, 0) is 0 Å². The number of fused-ring (bicyclic) bond motifs is 11. The second-order valence-corrected chi connectivity index (χ2v) is 17.5. The van der Waals surface area contributed by atoms with E-state index in [2.05, 4.69) is 0 Å². The first kappa shape index (κ1) is 18.9. The van der Waals surface area contributed by atoms with Crippen LogP contribution in [0.3, 0.4) is 0 Å². The fourth-order valence-corrected chi connectivity index (χ4v) is 9.88. The van der Waals surface area contributed by atoms with Crippen LogP contribution >= 0.6 is 0 Å². The second-order valence-electron chi connectivity index (χ2n) is 17.5. The van der Waals surface area contributed by atoms with Crippen molar-refractivity contribution in [1.82, 2.24) is 0 Å². The van der Waals surface area contributed by atoms with Gasteiger partial charge < -0.3 is 8.83 Å². The molecule has 0 aliphatic carbocycles. The quantitative estimate of drug-likeness (QED) is 0.155. The maximum absolute atomic E-state index is 9.52. The number of benzene rings is 15. The van der Waals surface area contributed by atoms with Gasteiger partial charge in [-0.3, -0.25) is 0 Å². The summed E-state index contributed by atoms with van der Waals surface area (Å²) in [5, 5.41) is -8.61. The average molecular weight is 1090 g/mol. The number of rotatable bonds is 6. The lowest BCUT2D eigenvalue weighted by Crippen LogP contribution is -1.93. The molecule has 0 aliphatic rings. The molecule has 17 rings (SSSR count). The SMILES string of the molecule is [2H]c1c([2H])c([2H])c(-c2c([2H])c([2H])c(-c3c([2H])c([2H])c([2H])c([2H])c3-c3c4c([2H])c([2H])c([2H])c([2H])c4c(-c4c([2H])c([2H])c([2H])c5oc6c([2H])c([2H])c([2H])c([2H])c6c45)c4c([2H])c([2H])c([2H])c([2H])c34)c([2H])c2[2H])c([2H])c1[2H].[2H]c1c([2H])c([2H])c2c(oc3c([2H])c([2H])c([2H])c(-c4c5c([2H])c([2H])c([2H])c([2H])c5c(-c5c([2H])c([2H])c6c([2H])c([2H])c([2H])c([2H])c6c5[2H])c5c([2H])c([2H])c([2H])c([2H])c45)c32)c1[2H]. The van der Waals surface area contributed by atoms with E-state index in [4.69, 9.17) is 55.4 Å². The molecule has 0 radical (unpaired) electrons. The zero-order valence-electron chi connectivity index (χ0n) is 90.8. The number of hydrogen-bond donors (Lipinski definition) is 0. The van der Waals surface area contributed by atoms with E-state index in [1.807, 2.05) is 0 Å². The monoisotopic (exact) mass is 1090 g/mol. The molecular formula is C80H50O2. The summed E-state index contributed by atoms with van der Waals surface area (Å²) in [5.41, 5.74) is -11.4. The van der Waals surface area contributed by atoms with Gasteiger partial charge in [0, 0.05) is 21.5 Å². The van der Waals surface area contributed by atoms with Crippen LogP contribution in [-0.4, -0.2) is 0 Å². The molecule has 17 aromatic rings. The molecule has 0 aliphatic heterocycles. The minimum atomic E-state index is -1.13. The van der Waals surface area contributed by atoms with Crippen molar-refractivity contribution in [2.24, 2.45) is 0 Å². The lowest BCUT2D eigenvalue weighted by Gasteiger charge is -2.20. The van der Waals surface area contributed by atoms with Gasteiger partial charge in [-0.05, 0) is 151 Å². The third-order valence-corrected chi connectivity index (χ3v) is 13.2. The minimum Gasteiger partial charge on any atom is -0.456 e. The Kier molecular flexibility index (Phi) is 4.50. The Labute approximate surface area is 544 Å². The van der Waals surface area contributed by atoms with E-state index in [1.54, 1.807) is 0 Å². The van der Waals surface area contributed by atoms with Gasteiger partial charge in [0.05, 0.1) is 68.5 Å². The zero-order valence-corrected chi connectivity index (χ0v) is 40.8. The molecule has 0 atom stereocenters. The molecule has 0 spiro atoms. The smallest absolute Gasteiger partial charge is 0.136 e. The summed E-state index contributed by atoms with van der Waals surface area (Å²) in [7, 11) is 0. The van der Waals surface area contributed by atoms with Crippen molar-refractivity contribution in [2.45, 2.75) is 0 Å². The van der Waals surface area contributed by atoms with Crippen LogP contribution in [0.1, 0.15) is 68.5 Å². The van der Waals surface area contributed by atoms with Gasteiger partial charge in [-0.15, -0.1) is 0 Å². The molecule has 0 saturated carbocycles. The summed E-state index contributed by atoms with van der Waals surface area (Å²) in [6, 6.07) is -45.9. The summed E-state index contributed by atoms with van der Waals surface area (Å²) in [4.78, 5) is 0. The molecule has 0 unspecified atom stereocenters. The van der Waals surface area contributed by atoms with Gasteiger partial charge in [-0.25, -0.2) is 0 Å². The van der Waals surface area contributed by atoms with Crippen LogP contribution in [0.5, 0.6) is 0 Å². The highest BCUT2D eigenvalue weighted by molar-refractivity contribution is 6.28. The molecule has 382 valence electrons. The van der Waals surface area contributed by atoms with Crippen LogP contribution in [0, 0.1) is 0 Å². The normalized spacial score (nSPS) is 20.2. The van der Waals surface area contributed by atoms with Gasteiger partial charge >= 0.3 is 0 Å². The first-order valence-corrected chi connectivity index (χ1v) is 24.1. The van der Waals surface area contributed by atoms with Gasteiger partial charge in [-0.1, -0.05) is 272 Å². The largest absolute Gasteiger partial charge is 0.456 e. The third kappa shape index (κ3) is 7.72. The fourth-order valence-electron chi connectivity index (χ4n) is 9.88. The van der Waals surface area contributed by atoms with Crippen molar-refractivity contribution in [1.29, 1.82) is 0 Å². The van der Waals surface area contributed by atoms with Crippen LogP contribution in [0.15, 0.2) is 311 Å². The van der Waals surface area contributed by atoms with E-state index >= 15 is 0 Å². The summed E-state index contributed by atoms with van der Waals surface area (Å²) in [6.07, 6.45) is 0.